The lowest BCUT2D eigenvalue weighted by molar-refractivity contribution is 0.0916. The summed E-state index contributed by atoms with van der Waals surface area (Å²) in [6, 6.07) is 12.8. The summed E-state index contributed by atoms with van der Waals surface area (Å²) in [6.07, 6.45) is 4.44. The summed E-state index contributed by atoms with van der Waals surface area (Å²) < 4.78 is 14.8. The summed E-state index contributed by atoms with van der Waals surface area (Å²) in [4.78, 5) is 16.2. The van der Waals surface area contributed by atoms with Crippen LogP contribution in [0.5, 0.6) is 0 Å². The smallest absolute Gasteiger partial charge is 0.251 e. The van der Waals surface area contributed by atoms with Crippen molar-refractivity contribution in [3.8, 4) is 0 Å². The van der Waals surface area contributed by atoms with E-state index in [0.717, 1.165) is 5.56 Å². The highest BCUT2D eigenvalue weighted by atomic mass is 19.1. The van der Waals surface area contributed by atoms with Gasteiger partial charge in [0.25, 0.3) is 5.91 Å². The maximum atomic E-state index is 12.9. The fraction of sp³-hybridized carbons (Fsp3) is 0.158. The first-order valence-electron chi connectivity index (χ1n) is 7.88. The van der Waals surface area contributed by atoms with Crippen molar-refractivity contribution in [3.05, 3.63) is 89.8 Å². The molecule has 1 aromatic heterocycles. The van der Waals surface area contributed by atoms with E-state index in [-0.39, 0.29) is 18.3 Å². The van der Waals surface area contributed by atoms with Crippen LogP contribution in [0.25, 0.3) is 0 Å². The summed E-state index contributed by atoms with van der Waals surface area (Å²) >= 11 is 0. The number of benzene rings is 2. The first kappa shape index (κ1) is 16.9. The number of aromatic nitrogens is 2. The van der Waals surface area contributed by atoms with E-state index in [9.17, 15) is 14.3 Å². The van der Waals surface area contributed by atoms with Gasteiger partial charge in [0.1, 0.15) is 5.82 Å². The van der Waals surface area contributed by atoms with Gasteiger partial charge in [-0.2, -0.15) is 0 Å². The van der Waals surface area contributed by atoms with Gasteiger partial charge in [-0.1, -0.05) is 24.3 Å². The van der Waals surface area contributed by atoms with Crippen LogP contribution in [0.3, 0.4) is 0 Å². The van der Waals surface area contributed by atoms with E-state index in [1.807, 2.05) is 22.9 Å². The number of aliphatic hydroxyl groups is 1. The van der Waals surface area contributed by atoms with Crippen LogP contribution in [-0.2, 0) is 6.54 Å². The minimum atomic E-state index is -0.884. The van der Waals surface area contributed by atoms with E-state index in [1.165, 1.54) is 24.3 Å². The summed E-state index contributed by atoms with van der Waals surface area (Å²) in [5, 5.41) is 12.7. The number of imidazole rings is 1. The highest BCUT2D eigenvalue weighted by molar-refractivity contribution is 5.94. The zero-order chi connectivity index (χ0) is 17.6. The molecule has 1 atom stereocenters. The number of rotatable bonds is 6. The number of hydrogen-bond acceptors (Lipinski definition) is 3. The van der Waals surface area contributed by atoms with Gasteiger partial charge in [-0.3, -0.25) is 4.79 Å². The third kappa shape index (κ3) is 4.51. The number of nitrogens with zero attached hydrogens (tertiary/aromatic N) is 2. The normalized spacial score (nSPS) is 11.9. The molecule has 0 aliphatic carbocycles. The summed E-state index contributed by atoms with van der Waals surface area (Å²) in [5.74, 6) is -0.633. The number of hydrogen-bond donors (Lipinski definition) is 2. The van der Waals surface area contributed by atoms with Crippen LogP contribution >= 0.6 is 0 Å². The van der Waals surface area contributed by atoms with E-state index in [2.05, 4.69) is 10.3 Å². The van der Waals surface area contributed by atoms with Gasteiger partial charge in [-0.15, -0.1) is 0 Å². The van der Waals surface area contributed by atoms with Crippen LogP contribution < -0.4 is 5.32 Å². The molecule has 2 N–H and O–H groups in total. The molecule has 0 radical (unpaired) electrons. The number of aliphatic hydroxyl groups excluding tert-OH is 1. The van der Waals surface area contributed by atoms with Crippen LogP contribution in [-0.4, -0.2) is 27.1 Å². The predicted octanol–water partition coefficient (Wildman–Crippen LogP) is 2.53. The molecule has 0 saturated carbocycles. The molecule has 5 nitrogen and oxygen atoms in total. The molecule has 0 saturated heterocycles. The number of amides is 1. The highest BCUT2D eigenvalue weighted by Crippen LogP contribution is 2.13. The molecule has 1 heterocycles. The SMILES string of the molecule is O=C(NCC(O)c1ccc(F)cc1)c1ccc(Cn2ccnc2)cc1. The minimum Gasteiger partial charge on any atom is -0.387 e. The number of halogens is 1. The Balaban J connectivity index is 1.55. The zero-order valence-corrected chi connectivity index (χ0v) is 13.5. The summed E-state index contributed by atoms with van der Waals surface area (Å²) in [6.45, 7) is 0.742. The Bertz CT molecular complexity index is 815. The number of nitrogens with one attached hydrogen (secondary N) is 1. The van der Waals surface area contributed by atoms with Gasteiger partial charge >= 0.3 is 0 Å². The second-order valence-corrected chi connectivity index (χ2v) is 5.71. The molecular formula is C19H18FN3O2. The van der Waals surface area contributed by atoms with Crippen molar-refractivity contribution < 1.29 is 14.3 Å². The Morgan fingerprint density at radius 2 is 1.88 bits per heavy atom. The largest absolute Gasteiger partial charge is 0.387 e. The third-order valence-corrected chi connectivity index (χ3v) is 3.85. The molecular weight excluding hydrogens is 321 g/mol. The van der Waals surface area contributed by atoms with Crippen LogP contribution in [0.4, 0.5) is 4.39 Å². The molecule has 2 aromatic carbocycles. The number of carbonyl (C=O) groups is 1. The molecule has 128 valence electrons. The predicted molar refractivity (Wildman–Crippen MR) is 91.5 cm³/mol. The average molecular weight is 339 g/mol. The second-order valence-electron chi connectivity index (χ2n) is 5.71. The van der Waals surface area contributed by atoms with Crippen LogP contribution in [0.15, 0.2) is 67.3 Å². The number of carbonyl (C=O) groups excluding carboxylic acids is 1. The van der Waals surface area contributed by atoms with E-state index in [4.69, 9.17) is 0 Å². The maximum Gasteiger partial charge on any atom is 0.251 e. The Morgan fingerprint density at radius 3 is 2.52 bits per heavy atom. The molecule has 1 unspecified atom stereocenters. The van der Waals surface area contributed by atoms with Crippen molar-refractivity contribution in [2.75, 3.05) is 6.54 Å². The highest BCUT2D eigenvalue weighted by Gasteiger charge is 2.11. The van der Waals surface area contributed by atoms with Crippen molar-refractivity contribution in [2.24, 2.45) is 0 Å². The molecule has 0 fully saturated rings. The molecule has 1 amide bonds. The molecule has 0 aliphatic rings. The molecule has 0 spiro atoms. The van der Waals surface area contributed by atoms with Crippen LogP contribution in [0, 0.1) is 5.82 Å². The Labute approximate surface area is 144 Å². The van der Waals surface area contributed by atoms with Gasteiger partial charge in [-0.25, -0.2) is 9.37 Å². The lowest BCUT2D eigenvalue weighted by Crippen LogP contribution is -2.28. The quantitative estimate of drug-likeness (QED) is 0.725. The molecule has 0 bridgehead atoms. The first-order chi connectivity index (χ1) is 12.1. The van der Waals surface area contributed by atoms with Crippen molar-refractivity contribution in [2.45, 2.75) is 12.6 Å². The topological polar surface area (TPSA) is 67.2 Å². The Hall–Kier alpha value is -2.99. The van der Waals surface area contributed by atoms with E-state index < -0.39 is 6.10 Å². The van der Waals surface area contributed by atoms with Gasteiger partial charge in [0.05, 0.1) is 12.4 Å². The molecule has 3 aromatic rings. The second kappa shape index (κ2) is 7.72. The van der Waals surface area contributed by atoms with Crippen LogP contribution in [0.1, 0.15) is 27.6 Å². The minimum absolute atomic E-state index is 0.0568. The average Bonchev–Trinajstić information content (AvgIpc) is 3.13. The molecule has 0 aliphatic heterocycles. The van der Waals surface area contributed by atoms with Crippen molar-refractivity contribution in [3.63, 3.8) is 0 Å². The van der Waals surface area contributed by atoms with Gasteiger partial charge < -0.3 is 15.0 Å². The Morgan fingerprint density at radius 1 is 1.16 bits per heavy atom. The Kier molecular flexibility index (Phi) is 5.20. The zero-order valence-electron chi connectivity index (χ0n) is 13.5. The lowest BCUT2D eigenvalue weighted by Gasteiger charge is -2.12. The summed E-state index contributed by atoms with van der Waals surface area (Å²) in [7, 11) is 0. The van der Waals surface area contributed by atoms with Gasteiger partial charge in [0.15, 0.2) is 0 Å². The monoisotopic (exact) mass is 339 g/mol. The van der Waals surface area contributed by atoms with Crippen molar-refractivity contribution >= 4 is 5.91 Å². The van der Waals surface area contributed by atoms with Crippen molar-refractivity contribution in [1.82, 2.24) is 14.9 Å². The fourth-order valence-corrected chi connectivity index (χ4v) is 2.45. The molecule has 6 heteroatoms. The molecule has 25 heavy (non-hydrogen) atoms. The van der Waals surface area contributed by atoms with Gasteiger partial charge in [0.2, 0.25) is 0 Å². The van der Waals surface area contributed by atoms with E-state index >= 15 is 0 Å². The third-order valence-electron chi connectivity index (χ3n) is 3.85. The van der Waals surface area contributed by atoms with E-state index in [1.54, 1.807) is 24.7 Å². The van der Waals surface area contributed by atoms with E-state index in [0.29, 0.717) is 17.7 Å². The standard InChI is InChI=1S/C19H18FN3O2/c20-17-7-5-15(6-8-17)18(24)11-22-19(25)16-3-1-14(2-4-16)12-23-10-9-21-13-23/h1-10,13,18,24H,11-12H2,(H,22,25). The maximum absolute atomic E-state index is 12.9. The van der Waals surface area contributed by atoms with Crippen molar-refractivity contribution in [1.29, 1.82) is 0 Å². The summed E-state index contributed by atoms with van der Waals surface area (Å²) in [5.41, 5.74) is 2.12. The first-order valence-corrected chi connectivity index (χ1v) is 7.88. The molecule has 3 rings (SSSR count). The van der Waals surface area contributed by atoms with Crippen LogP contribution in [0.2, 0.25) is 0 Å². The lowest BCUT2D eigenvalue weighted by atomic mass is 10.1. The fourth-order valence-electron chi connectivity index (χ4n) is 2.45. The van der Waals surface area contributed by atoms with Gasteiger partial charge in [-0.05, 0) is 35.4 Å². The van der Waals surface area contributed by atoms with Gasteiger partial charge in [0, 0.05) is 31.0 Å².